The van der Waals surface area contributed by atoms with E-state index in [-0.39, 0.29) is 18.2 Å². The maximum absolute atomic E-state index is 13.1. The highest BCUT2D eigenvalue weighted by Crippen LogP contribution is 2.37. The lowest BCUT2D eigenvalue weighted by Crippen LogP contribution is -2.15. The van der Waals surface area contributed by atoms with Crippen LogP contribution in [0.5, 0.6) is 0 Å². The number of aliphatic carboxylic acids is 1. The van der Waals surface area contributed by atoms with Gasteiger partial charge in [-0.1, -0.05) is 0 Å². The first-order chi connectivity index (χ1) is 7.58. The van der Waals surface area contributed by atoms with Crippen LogP contribution in [0.2, 0.25) is 0 Å². The predicted molar refractivity (Wildman–Crippen MR) is 59.3 cm³/mol. The second-order valence-electron chi connectivity index (χ2n) is 4.21. The number of fused-ring (bicyclic) bond motifs is 1. The number of anilines is 1. The fourth-order valence-corrected chi connectivity index (χ4v) is 2.27. The molecule has 0 saturated heterocycles. The van der Waals surface area contributed by atoms with E-state index in [4.69, 9.17) is 5.11 Å². The van der Waals surface area contributed by atoms with Crippen molar-refractivity contribution >= 4 is 11.7 Å². The van der Waals surface area contributed by atoms with Crippen LogP contribution in [0.1, 0.15) is 24.3 Å². The van der Waals surface area contributed by atoms with Crippen molar-refractivity contribution in [2.75, 3.05) is 18.5 Å². The minimum atomic E-state index is -0.799. The molecule has 1 heterocycles. The van der Waals surface area contributed by atoms with E-state index in [0.717, 1.165) is 17.8 Å². The highest BCUT2D eigenvalue weighted by Gasteiger charge is 2.26. The van der Waals surface area contributed by atoms with Crippen LogP contribution < -0.4 is 4.90 Å². The third-order valence-electron chi connectivity index (χ3n) is 3.04. The number of nitrogens with zero attached hydrogens (tertiary/aromatic N) is 1. The van der Waals surface area contributed by atoms with E-state index in [1.54, 1.807) is 6.07 Å². The van der Waals surface area contributed by atoms with Crippen LogP contribution in [0.3, 0.4) is 0 Å². The second-order valence-corrected chi connectivity index (χ2v) is 4.21. The van der Waals surface area contributed by atoms with Gasteiger partial charge in [0.05, 0.1) is 0 Å². The summed E-state index contributed by atoms with van der Waals surface area (Å²) in [6.45, 7) is 0.770. The molecule has 1 atom stereocenters. The maximum Gasteiger partial charge on any atom is 0.303 e. The number of hydrogen-bond donors (Lipinski definition) is 1. The largest absolute Gasteiger partial charge is 0.481 e. The van der Waals surface area contributed by atoms with Crippen molar-refractivity contribution < 1.29 is 14.3 Å². The molecule has 1 N–H and O–H groups in total. The predicted octanol–water partition coefficient (Wildman–Crippen LogP) is 2.22. The average Bonchev–Trinajstić information content (AvgIpc) is 2.52. The molecule has 3 nitrogen and oxygen atoms in total. The van der Waals surface area contributed by atoms with Gasteiger partial charge in [0.15, 0.2) is 0 Å². The van der Waals surface area contributed by atoms with Gasteiger partial charge in [0.2, 0.25) is 0 Å². The normalized spacial score (nSPS) is 18.6. The Hall–Kier alpha value is -1.58. The molecule has 0 radical (unpaired) electrons. The smallest absolute Gasteiger partial charge is 0.303 e. The number of rotatable bonds is 3. The minimum absolute atomic E-state index is 0.131. The zero-order valence-corrected chi connectivity index (χ0v) is 9.11. The molecule has 86 valence electrons. The van der Waals surface area contributed by atoms with Crippen molar-refractivity contribution in [1.29, 1.82) is 0 Å². The molecule has 0 aliphatic carbocycles. The van der Waals surface area contributed by atoms with Gasteiger partial charge in [0.1, 0.15) is 5.82 Å². The van der Waals surface area contributed by atoms with Gasteiger partial charge in [-0.05, 0) is 30.2 Å². The summed E-state index contributed by atoms with van der Waals surface area (Å²) >= 11 is 0. The molecule has 1 unspecified atom stereocenters. The topological polar surface area (TPSA) is 40.5 Å². The molecule has 16 heavy (non-hydrogen) atoms. The summed E-state index contributed by atoms with van der Waals surface area (Å²) in [7, 11) is 1.94. The third kappa shape index (κ3) is 2.01. The van der Waals surface area contributed by atoms with Gasteiger partial charge >= 0.3 is 5.97 Å². The van der Waals surface area contributed by atoms with Crippen LogP contribution >= 0.6 is 0 Å². The van der Waals surface area contributed by atoms with E-state index in [9.17, 15) is 9.18 Å². The quantitative estimate of drug-likeness (QED) is 0.854. The van der Waals surface area contributed by atoms with Crippen molar-refractivity contribution in [3.63, 3.8) is 0 Å². The Morgan fingerprint density at radius 2 is 2.38 bits per heavy atom. The van der Waals surface area contributed by atoms with Gasteiger partial charge in [0.25, 0.3) is 0 Å². The van der Waals surface area contributed by atoms with Crippen LogP contribution in [-0.2, 0) is 4.79 Å². The standard InChI is InChI=1S/C12H14FNO2/c1-14-7-8(2-5-12(15)16)10-6-9(13)3-4-11(10)14/h3-4,6,8H,2,5,7H2,1H3,(H,15,16). The molecule has 0 aromatic heterocycles. The molecule has 1 aromatic rings. The molecule has 1 aliphatic rings. The van der Waals surface area contributed by atoms with E-state index in [2.05, 4.69) is 0 Å². The van der Waals surface area contributed by atoms with Crippen molar-refractivity contribution in [2.45, 2.75) is 18.8 Å². The van der Waals surface area contributed by atoms with Crippen molar-refractivity contribution in [2.24, 2.45) is 0 Å². The molecule has 0 bridgehead atoms. The summed E-state index contributed by atoms with van der Waals surface area (Å²) in [4.78, 5) is 12.6. The number of halogens is 1. The van der Waals surface area contributed by atoms with Crippen molar-refractivity contribution in [3.05, 3.63) is 29.6 Å². The van der Waals surface area contributed by atoms with Crippen LogP contribution in [0, 0.1) is 5.82 Å². The zero-order valence-electron chi connectivity index (χ0n) is 9.11. The summed E-state index contributed by atoms with van der Waals surface area (Å²) in [6, 6.07) is 4.71. The first-order valence-electron chi connectivity index (χ1n) is 5.30. The molecule has 1 aliphatic heterocycles. The van der Waals surface area contributed by atoms with Crippen molar-refractivity contribution in [3.8, 4) is 0 Å². The Kier molecular flexibility index (Phi) is 2.81. The average molecular weight is 223 g/mol. The van der Waals surface area contributed by atoms with E-state index in [0.29, 0.717) is 6.42 Å². The van der Waals surface area contributed by atoms with Crippen LogP contribution in [0.15, 0.2) is 18.2 Å². The van der Waals surface area contributed by atoms with E-state index in [1.165, 1.54) is 12.1 Å². The first-order valence-corrected chi connectivity index (χ1v) is 5.30. The first kappa shape index (κ1) is 10.9. The Morgan fingerprint density at radius 1 is 1.62 bits per heavy atom. The fraction of sp³-hybridized carbons (Fsp3) is 0.417. The molecule has 2 rings (SSSR count). The molecule has 0 amide bonds. The Balaban J connectivity index is 2.20. The number of benzene rings is 1. The number of carboxylic acid groups (broad SMARTS) is 1. The van der Waals surface area contributed by atoms with E-state index < -0.39 is 5.97 Å². The summed E-state index contributed by atoms with van der Waals surface area (Å²) in [6.07, 6.45) is 0.699. The van der Waals surface area contributed by atoms with Gasteiger partial charge < -0.3 is 10.0 Å². The number of likely N-dealkylation sites (N-methyl/N-ethyl adjacent to an activating group) is 1. The minimum Gasteiger partial charge on any atom is -0.481 e. The number of carbonyl (C=O) groups is 1. The van der Waals surface area contributed by atoms with Crippen molar-refractivity contribution in [1.82, 2.24) is 0 Å². The summed E-state index contributed by atoms with van der Waals surface area (Å²) < 4.78 is 13.1. The van der Waals surface area contributed by atoms with Crippen LogP contribution in [0.4, 0.5) is 10.1 Å². The molecular formula is C12H14FNO2. The van der Waals surface area contributed by atoms with Gasteiger partial charge in [-0.2, -0.15) is 0 Å². The second kappa shape index (κ2) is 4.12. The van der Waals surface area contributed by atoms with Gasteiger partial charge in [-0.3, -0.25) is 4.79 Å². The number of hydrogen-bond acceptors (Lipinski definition) is 2. The fourth-order valence-electron chi connectivity index (χ4n) is 2.27. The van der Waals surface area contributed by atoms with Gasteiger partial charge in [-0.25, -0.2) is 4.39 Å². The Morgan fingerprint density at radius 3 is 3.06 bits per heavy atom. The van der Waals surface area contributed by atoms with E-state index in [1.807, 2.05) is 11.9 Å². The van der Waals surface area contributed by atoms with Gasteiger partial charge in [-0.15, -0.1) is 0 Å². The molecule has 0 saturated carbocycles. The summed E-state index contributed by atoms with van der Waals surface area (Å²) in [5, 5.41) is 8.65. The molecule has 4 heteroatoms. The molecular weight excluding hydrogens is 209 g/mol. The van der Waals surface area contributed by atoms with Gasteiger partial charge in [0, 0.05) is 31.6 Å². The highest BCUT2D eigenvalue weighted by molar-refractivity contribution is 5.67. The number of carboxylic acids is 1. The Labute approximate surface area is 93.5 Å². The van der Waals surface area contributed by atoms with Crippen LogP contribution in [0.25, 0.3) is 0 Å². The lowest BCUT2D eigenvalue weighted by atomic mass is 9.96. The van der Waals surface area contributed by atoms with Crippen LogP contribution in [-0.4, -0.2) is 24.7 Å². The zero-order chi connectivity index (χ0) is 11.7. The lowest BCUT2D eigenvalue weighted by molar-refractivity contribution is -0.137. The van der Waals surface area contributed by atoms with E-state index >= 15 is 0 Å². The molecule has 0 fully saturated rings. The summed E-state index contributed by atoms with van der Waals surface area (Å²) in [5.41, 5.74) is 1.94. The summed E-state index contributed by atoms with van der Waals surface area (Å²) in [5.74, 6) is -0.923. The lowest BCUT2D eigenvalue weighted by Gasteiger charge is -2.11. The maximum atomic E-state index is 13.1. The Bertz CT molecular complexity index is 419. The third-order valence-corrected chi connectivity index (χ3v) is 3.04. The molecule has 1 aromatic carbocycles. The SMILES string of the molecule is CN1CC(CCC(=O)O)c2cc(F)ccc21. The highest BCUT2D eigenvalue weighted by atomic mass is 19.1. The molecule has 0 spiro atoms. The monoisotopic (exact) mass is 223 g/mol.